The molecule has 1 aliphatic rings. The lowest BCUT2D eigenvalue weighted by molar-refractivity contribution is -0.115. The van der Waals surface area contributed by atoms with E-state index in [-0.39, 0.29) is 23.3 Å². The number of carbonyl (C=O) groups excluding carboxylic acids is 1. The fourth-order valence-electron chi connectivity index (χ4n) is 3.78. The monoisotopic (exact) mass is 397 g/mol. The van der Waals surface area contributed by atoms with Crippen LogP contribution in [-0.2, 0) is 14.6 Å². The molecule has 1 amide bonds. The van der Waals surface area contributed by atoms with Crippen LogP contribution < -0.4 is 5.32 Å². The first-order valence-corrected chi connectivity index (χ1v) is 11.3. The maximum absolute atomic E-state index is 12.5. The van der Waals surface area contributed by atoms with E-state index in [1.165, 1.54) is 0 Å². The molecule has 1 heterocycles. The number of amides is 1. The van der Waals surface area contributed by atoms with Crippen LogP contribution in [0.25, 0.3) is 16.7 Å². The van der Waals surface area contributed by atoms with Gasteiger partial charge in [-0.25, -0.2) is 13.4 Å². The van der Waals surface area contributed by atoms with Crippen molar-refractivity contribution >= 4 is 32.7 Å². The molecule has 146 valence electrons. The second-order valence-corrected chi connectivity index (χ2v) is 9.57. The number of nitrogens with one attached hydrogen (secondary N) is 1. The van der Waals surface area contributed by atoms with Crippen LogP contribution in [0.5, 0.6) is 0 Å². The highest BCUT2D eigenvalue weighted by Crippen LogP contribution is 2.26. The van der Waals surface area contributed by atoms with Crippen LogP contribution in [0.1, 0.15) is 32.1 Å². The first-order valence-electron chi connectivity index (χ1n) is 9.59. The van der Waals surface area contributed by atoms with Crippen LogP contribution >= 0.6 is 0 Å². The number of para-hydroxylation sites is 3. The van der Waals surface area contributed by atoms with Gasteiger partial charge in [-0.1, -0.05) is 43.2 Å². The normalized spacial score (nSPS) is 15.1. The molecule has 0 bridgehead atoms. The molecule has 0 radical (unpaired) electrons. The second-order valence-electron chi connectivity index (χ2n) is 7.17. The van der Waals surface area contributed by atoms with E-state index >= 15 is 0 Å². The first kappa shape index (κ1) is 18.7. The quantitative estimate of drug-likeness (QED) is 0.687. The number of rotatable bonds is 6. The summed E-state index contributed by atoms with van der Waals surface area (Å²) in [5, 5.41) is 2.53. The number of hydrogen-bond donors (Lipinski definition) is 1. The van der Waals surface area contributed by atoms with E-state index in [2.05, 4.69) is 10.3 Å². The van der Waals surface area contributed by atoms with E-state index < -0.39 is 9.84 Å². The Morgan fingerprint density at radius 3 is 2.46 bits per heavy atom. The molecule has 1 aliphatic carbocycles. The molecular weight excluding hydrogens is 374 g/mol. The lowest BCUT2D eigenvalue weighted by Crippen LogP contribution is -2.25. The van der Waals surface area contributed by atoms with Gasteiger partial charge in [-0.05, 0) is 37.1 Å². The van der Waals surface area contributed by atoms with E-state index in [4.69, 9.17) is 0 Å². The third-order valence-electron chi connectivity index (χ3n) is 5.25. The summed E-state index contributed by atoms with van der Waals surface area (Å²) in [5.41, 5.74) is 2.52. The van der Waals surface area contributed by atoms with E-state index in [0.717, 1.165) is 29.6 Å². The van der Waals surface area contributed by atoms with Gasteiger partial charge in [-0.15, -0.1) is 0 Å². The van der Waals surface area contributed by atoms with Gasteiger partial charge in [-0.3, -0.25) is 14.7 Å². The summed E-state index contributed by atoms with van der Waals surface area (Å²) in [4.78, 5) is 17.0. The van der Waals surface area contributed by atoms with Crippen LogP contribution in [0.3, 0.4) is 0 Å². The number of carbonyl (C=O) groups is 1. The SMILES string of the molecule is O=C(CCS(=O)(=O)C1CCCC1)Nc1nc2ccccc2n1-c1ccccc1. The Kier molecular flexibility index (Phi) is 5.17. The van der Waals surface area contributed by atoms with Crippen molar-refractivity contribution in [1.29, 1.82) is 0 Å². The maximum Gasteiger partial charge on any atom is 0.227 e. The molecule has 0 saturated heterocycles. The number of imidazole rings is 1. The highest BCUT2D eigenvalue weighted by molar-refractivity contribution is 7.92. The van der Waals surface area contributed by atoms with Crippen molar-refractivity contribution in [3.8, 4) is 5.69 Å². The molecule has 28 heavy (non-hydrogen) atoms. The predicted molar refractivity (Wildman–Crippen MR) is 110 cm³/mol. The molecule has 0 unspecified atom stereocenters. The molecule has 2 aromatic carbocycles. The number of anilines is 1. The van der Waals surface area contributed by atoms with Crippen molar-refractivity contribution in [3.63, 3.8) is 0 Å². The lowest BCUT2D eigenvalue weighted by Gasteiger charge is -2.12. The summed E-state index contributed by atoms with van der Waals surface area (Å²) < 4.78 is 26.7. The Morgan fingerprint density at radius 2 is 1.71 bits per heavy atom. The largest absolute Gasteiger partial charge is 0.296 e. The number of nitrogens with zero attached hydrogens (tertiary/aromatic N) is 2. The Balaban J connectivity index is 1.55. The van der Waals surface area contributed by atoms with Crippen molar-refractivity contribution in [2.75, 3.05) is 11.1 Å². The predicted octanol–water partition coefficient (Wildman–Crippen LogP) is 3.71. The second kappa shape index (κ2) is 7.75. The Bertz CT molecular complexity index is 1080. The summed E-state index contributed by atoms with van der Waals surface area (Å²) >= 11 is 0. The van der Waals surface area contributed by atoms with Crippen molar-refractivity contribution in [1.82, 2.24) is 9.55 Å². The summed E-state index contributed by atoms with van der Waals surface area (Å²) in [5.74, 6) is -0.0561. The van der Waals surface area contributed by atoms with Crippen LogP contribution in [0.4, 0.5) is 5.95 Å². The van der Waals surface area contributed by atoms with E-state index in [1.807, 2.05) is 59.2 Å². The molecule has 1 N–H and O–H groups in total. The zero-order valence-electron chi connectivity index (χ0n) is 15.5. The molecule has 7 heteroatoms. The van der Waals surface area contributed by atoms with Crippen molar-refractivity contribution in [2.45, 2.75) is 37.4 Å². The van der Waals surface area contributed by atoms with Crippen molar-refractivity contribution in [2.24, 2.45) is 0 Å². The molecule has 3 aromatic rings. The Morgan fingerprint density at radius 1 is 1.04 bits per heavy atom. The zero-order valence-corrected chi connectivity index (χ0v) is 16.4. The number of hydrogen-bond acceptors (Lipinski definition) is 4. The molecule has 0 spiro atoms. The smallest absolute Gasteiger partial charge is 0.227 e. The Hall–Kier alpha value is -2.67. The van der Waals surface area contributed by atoms with Gasteiger partial charge < -0.3 is 0 Å². The third-order valence-corrected chi connectivity index (χ3v) is 7.51. The van der Waals surface area contributed by atoms with Gasteiger partial charge >= 0.3 is 0 Å². The minimum Gasteiger partial charge on any atom is -0.296 e. The van der Waals surface area contributed by atoms with E-state index in [9.17, 15) is 13.2 Å². The number of aromatic nitrogens is 2. The van der Waals surface area contributed by atoms with Gasteiger partial charge in [0.05, 0.1) is 22.0 Å². The Labute approximate surface area is 164 Å². The van der Waals surface area contributed by atoms with E-state index in [1.54, 1.807) is 0 Å². The fraction of sp³-hybridized carbons (Fsp3) is 0.333. The summed E-state index contributed by atoms with van der Waals surface area (Å²) in [6.45, 7) is 0. The molecule has 1 saturated carbocycles. The topological polar surface area (TPSA) is 81.1 Å². The zero-order chi connectivity index (χ0) is 19.6. The molecule has 6 nitrogen and oxygen atoms in total. The van der Waals surface area contributed by atoms with Crippen molar-refractivity contribution < 1.29 is 13.2 Å². The molecular formula is C21H23N3O3S. The average molecular weight is 398 g/mol. The van der Waals surface area contributed by atoms with Crippen LogP contribution in [-0.4, -0.2) is 34.9 Å². The van der Waals surface area contributed by atoms with Crippen LogP contribution in [0.15, 0.2) is 54.6 Å². The number of benzene rings is 2. The maximum atomic E-state index is 12.5. The average Bonchev–Trinajstić information content (AvgIpc) is 3.35. The minimum atomic E-state index is -3.22. The third kappa shape index (κ3) is 3.80. The van der Waals surface area contributed by atoms with Gasteiger partial charge in [0.2, 0.25) is 11.9 Å². The molecule has 0 aliphatic heterocycles. The molecule has 0 atom stereocenters. The molecule has 1 fully saturated rings. The van der Waals surface area contributed by atoms with Gasteiger partial charge in [0.1, 0.15) is 0 Å². The van der Waals surface area contributed by atoms with Crippen molar-refractivity contribution in [3.05, 3.63) is 54.6 Å². The minimum absolute atomic E-state index is 0.0587. The number of fused-ring (bicyclic) bond motifs is 1. The van der Waals surface area contributed by atoms with Gasteiger partial charge in [-0.2, -0.15) is 0 Å². The van der Waals surface area contributed by atoms with Crippen LogP contribution in [0.2, 0.25) is 0 Å². The molecule has 1 aromatic heterocycles. The highest BCUT2D eigenvalue weighted by Gasteiger charge is 2.29. The summed E-state index contributed by atoms with van der Waals surface area (Å²) in [6, 6.07) is 17.3. The number of sulfone groups is 1. The van der Waals surface area contributed by atoms with Gasteiger partial charge in [0.25, 0.3) is 0 Å². The van der Waals surface area contributed by atoms with Gasteiger partial charge in [0, 0.05) is 12.1 Å². The standard InChI is InChI=1S/C21H23N3O3S/c25-20(14-15-28(26,27)17-10-4-5-11-17)23-21-22-18-12-6-7-13-19(18)24(21)16-8-2-1-3-9-16/h1-3,6-9,12-13,17H,4-5,10-11,14-15H2,(H,22,23,25). The van der Waals surface area contributed by atoms with Gasteiger partial charge in [0.15, 0.2) is 9.84 Å². The fourth-order valence-corrected chi connectivity index (χ4v) is 5.64. The van der Waals surface area contributed by atoms with E-state index in [0.29, 0.717) is 18.8 Å². The summed E-state index contributed by atoms with van der Waals surface area (Å²) in [7, 11) is -3.22. The summed E-state index contributed by atoms with van der Waals surface area (Å²) in [6.07, 6.45) is 3.28. The van der Waals surface area contributed by atoms with Crippen LogP contribution in [0, 0.1) is 0 Å². The first-order chi connectivity index (χ1) is 13.5. The lowest BCUT2D eigenvalue weighted by atomic mass is 10.3. The highest BCUT2D eigenvalue weighted by atomic mass is 32.2. The molecule has 4 rings (SSSR count).